The molecule has 0 unspecified atom stereocenters. The monoisotopic (exact) mass is 266 g/mol. The van der Waals surface area contributed by atoms with Gasteiger partial charge >= 0.3 is 0 Å². The first-order valence-corrected chi connectivity index (χ1v) is 6.73. The molecule has 0 saturated heterocycles. The highest BCUT2D eigenvalue weighted by molar-refractivity contribution is 5.98. The van der Waals surface area contributed by atoms with Gasteiger partial charge in [-0.2, -0.15) is 0 Å². The number of carbonyl (C=O) groups excluding carboxylic acids is 1. The summed E-state index contributed by atoms with van der Waals surface area (Å²) >= 11 is 0. The summed E-state index contributed by atoms with van der Waals surface area (Å²) in [5, 5.41) is 0. The van der Waals surface area contributed by atoms with Crippen LogP contribution in [0.15, 0.2) is 24.3 Å². The highest BCUT2D eigenvalue weighted by Gasteiger charge is 2.20. The highest BCUT2D eigenvalue weighted by atomic mass is 16.7. The average Bonchev–Trinajstić information content (AvgIpc) is 2.44. The molecule has 1 aromatic carbocycles. The van der Waals surface area contributed by atoms with E-state index in [2.05, 4.69) is 0 Å². The summed E-state index contributed by atoms with van der Waals surface area (Å²) in [7, 11) is 0. The molecule has 0 aliphatic rings. The molecule has 1 rings (SSSR count). The second kappa shape index (κ2) is 8.67. The lowest BCUT2D eigenvalue weighted by Gasteiger charge is -2.15. The van der Waals surface area contributed by atoms with Crippen LogP contribution in [0, 0.1) is 0 Å². The fourth-order valence-electron chi connectivity index (χ4n) is 1.57. The van der Waals surface area contributed by atoms with E-state index < -0.39 is 6.29 Å². The minimum absolute atomic E-state index is 0.161. The molecule has 1 aromatic rings. The lowest BCUT2D eigenvalue weighted by atomic mass is 10.1. The minimum atomic E-state index is -0.822. The number of benzene rings is 1. The summed E-state index contributed by atoms with van der Waals surface area (Å²) in [6.45, 7) is 7.27. The van der Waals surface area contributed by atoms with E-state index in [0.717, 1.165) is 12.2 Å². The summed E-state index contributed by atoms with van der Waals surface area (Å²) < 4.78 is 16.1. The van der Waals surface area contributed by atoms with Crippen LogP contribution in [0.5, 0.6) is 5.75 Å². The molecule has 0 fully saturated rings. The number of hydrogen-bond acceptors (Lipinski definition) is 4. The maximum absolute atomic E-state index is 12.2. The first kappa shape index (κ1) is 15.7. The number of ketones is 1. The van der Waals surface area contributed by atoms with Gasteiger partial charge in [0.1, 0.15) is 5.75 Å². The molecule has 106 valence electrons. The maximum atomic E-state index is 12.2. The predicted octanol–water partition coefficient (Wildman–Crippen LogP) is 3.06. The van der Waals surface area contributed by atoms with Gasteiger partial charge in [0.05, 0.1) is 6.61 Å². The third-order valence-corrected chi connectivity index (χ3v) is 2.46. The van der Waals surface area contributed by atoms with E-state index >= 15 is 0 Å². The Balaban J connectivity index is 2.69. The van der Waals surface area contributed by atoms with Gasteiger partial charge in [0.2, 0.25) is 12.1 Å². The van der Waals surface area contributed by atoms with Gasteiger partial charge < -0.3 is 14.2 Å². The van der Waals surface area contributed by atoms with Crippen LogP contribution in [0.2, 0.25) is 0 Å². The normalized spacial score (nSPS) is 10.7. The van der Waals surface area contributed by atoms with Gasteiger partial charge in [-0.25, -0.2) is 0 Å². The quantitative estimate of drug-likeness (QED) is 0.509. The number of hydrogen-bond donors (Lipinski definition) is 0. The van der Waals surface area contributed by atoms with Crippen molar-refractivity contribution in [1.82, 2.24) is 0 Å². The van der Waals surface area contributed by atoms with Crippen LogP contribution in [0.25, 0.3) is 0 Å². The zero-order valence-electron chi connectivity index (χ0n) is 11.8. The second-order valence-corrected chi connectivity index (χ2v) is 3.98. The molecule has 0 spiro atoms. The molecule has 0 N–H and O–H groups in total. The summed E-state index contributed by atoms with van der Waals surface area (Å²) in [5.74, 6) is 0.605. The van der Waals surface area contributed by atoms with Crippen molar-refractivity contribution in [2.24, 2.45) is 0 Å². The molecule has 4 nitrogen and oxygen atoms in total. The molecular formula is C15H22O4. The standard InChI is InChI=1S/C15H22O4/c1-4-11-19-13-9-7-12(8-10-13)14(16)15(17-5-2)18-6-3/h7-10,15H,4-6,11H2,1-3H3. The fourth-order valence-corrected chi connectivity index (χ4v) is 1.57. The largest absolute Gasteiger partial charge is 0.494 e. The van der Waals surface area contributed by atoms with Crippen LogP contribution >= 0.6 is 0 Å². The maximum Gasteiger partial charge on any atom is 0.222 e. The van der Waals surface area contributed by atoms with E-state index in [9.17, 15) is 4.79 Å². The lowest BCUT2D eigenvalue weighted by Crippen LogP contribution is -2.27. The molecule has 0 aromatic heterocycles. The second-order valence-electron chi connectivity index (χ2n) is 3.98. The molecular weight excluding hydrogens is 244 g/mol. The number of ether oxygens (including phenoxy) is 3. The van der Waals surface area contributed by atoms with Crippen molar-refractivity contribution in [3.8, 4) is 5.75 Å². The lowest BCUT2D eigenvalue weighted by molar-refractivity contribution is -0.107. The van der Waals surface area contributed by atoms with Crippen LogP contribution in [-0.4, -0.2) is 31.9 Å². The average molecular weight is 266 g/mol. The molecule has 19 heavy (non-hydrogen) atoms. The Morgan fingerprint density at radius 3 is 2.11 bits per heavy atom. The third kappa shape index (κ3) is 5.01. The fraction of sp³-hybridized carbons (Fsp3) is 0.533. The van der Waals surface area contributed by atoms with Crippen molar-refractivity contribution in [3.05, 3.63) is 29.8 Å². The number of carbonyl (C=O) groups is 1. The van der Waals surface area contributed by atoms with E-state index in [1.165, 1.54) is 0 Å². The molecule has 0 heterocycles. The van der Waals surface area contributed by atoms with E-state index in [0.29, 0.717) is 25.4 Å². The topological polar surface area (TPSA) is 44.8 Å². The van der Waals surface area contributed by atoms with Crippen molar-refractivity contribution < 1.29 is 19.0 Å². The number of Topliss-reactive ketones (excluding diaryl/α,β-unsaturated/α-hetero) is 1. The van der Waals surface area contributed by atoms with Gasteiger partial charge in [-0.15, -0.1) is 0 Å². The summed E-state index contributed by atoms with van der Waals surface area (Å²) in [5.41, 5.74) is 0.566. The first-order chi connectivity index (χ1) is 9.22. The van der Waals surface area contributed by atoms with Gasteiger partial charge in [0, 0.05) is 18.8 Å². The van der Waals surface area contributed by atoms with Gasteiger partial charge in [-0.05, 0) is 44.5 Å². The van der Waals surface area contributed by atoms with Gasteiger partial charge in [-0.1, -0.05) is 6.92 Å². The molecule has 0 saturated carbocycles. The van der Waals surface area contributed by atoms with E-state index in [1.807, 2.05) is 20.8 Å². The molecule has 0 amide bonds. The third-order valence-electron chi connectivity index (χ3n) is 2.46. The van der Waals surface area contributed by atoms with Gasteiger partial charge in [-0.3, -0.25) is 4.79 Å². The van der Waals surface area contributed by atoms with Crippen LogP contribution in [-0.2, 0) is 9.47 Å². The Labute approximate surface area is 114 Å². The van der Waals surface area contributed by atoms with E-state index in [4.69, 9.17) is 14.2 Å². The molecule has 0 aliphatic heterocycles. The SMILES string of the molecule is CCCOc1ccc(C(=O)C(OCC)OCC)cc1. The molecule has 0 aliphatic carbocycles. The van der Waals surface area contributed by atoms with Crippen LogP contribution in [0.3, 0.4) is 0 Å². The van der Waals surface area contributed by atoms with Gasteiger partial charge in [0.25, 0.3) is 0 Å². The zero-order chi connectivity index (χ0) is 14.1. The summed E-state index contributed by atoms with van der Waals surface area (Å²) in [4.78, 5) is 12.2. The van der Waals surface area contributed by atoms with Crippen molar-refractivity contribution in [3.63, 3.8) is 0 Å². The van der Waals surface area contributed by atoms with Crippen molar-refractivity contribution in [2.45, 2.75) is 33.5 Å². The van der Waals surface area contributed by atoms with Crippen molar-refractivity contribution in [1.29, 1.82) is 0 Å². The summed E-state index contributed by atoms with van der Waals surface area (Å²) in [6, 6.07) is 7.05. The smallest absolute Gasteiger partial charge is 0.222 e. The minimum Gasteiger partial charge on any atom is -0.494 e. The highest BCUT2D eigenvalue weighted by Crippen LogP contribution is 2.15. The Bertz CT molecular complexity index is 366. The Morgan fingerprint density at radius 1 is 1.05 bits per heavy atom. The number of rotatable bonds is 9. The van der Waals surface area contributed by atoms with Crippen LogP contribution in [0.4, 0.5) is 0 Å². The molecule has 0 bridgehead atoms. The Kier molecular flexibility index (Phi) is 7.15. The van der Waals surface area contributed by atoms with Gasteiger partial charge in [0.15, 0.2) is 0 Å². The van der Waals surface area contributed by atoms with Crippen LogP contribution in [0.1, 0.15) is 37.6 Å². The predicted molar refractivity (Wildman–Crippen MR) is 73.6 cm³/mol. The zero-order valence-corrected chi connectivity index (χ0v) is 11.8. The van der Waals surface area contributed by atoms with Crippen molar-refractivity contribution in [2.75, 3.05) is 19.8 Å². The molecule has 0 atom stereocenters. The Hall–Kier alpha value is -1.39. The molecule has 4 heteroatoms. The Morgan fingerprint density at radius 2 is 1.63 bits per heavy atom. The van der Waals surface area contributed by atoms with Crippen molar-refractivity contribution >= 4 is 5.78 Å². The summed E-state index contributed by atoms with van der Waals surface area (Å²) in [6.07, 6.45) is 0.134. The van der Waals surface area contributed by atoms with E-state index in [1.54, 1.807) is 24.3 Å². The van der Waals surface area contributed by atoms with Crippen LogP contribution < -0.4 is 4.74 Å². The molecule has 0 radical (unpaired) electrons. The van der Waals surface area contributed by atoms with E-state index in [-0.39, 0.29) is 5.78 Å². The first-order valence-electron chi connectivity index (χ1n) is 6.73.